The standard InChI is InChI=1S/C16H13F3N4O2/c1-2-25-12-5-3-4-10(13(12)24)14-21-15(23-22-14)11-7-6-9(8-20-11)16(17,18)19/h3-8,24H,2H2,1H3,(H,21,22,23). The summed E-state index contributed by atoms with van der Waals surface area (Å²) in [6.07, 6.45) is -3.73. The number of aromatic amines is 1. The van der Waals surface area contributed by atoms with E-state index in [-0.39, 0.29) is 23.1 Å². The van der Waals surface area contributed by atoms with Gasteiger partial charge >= 0.3 is 6.18 Å². The Bertz CT molecular complexity index is 876. The Morgan fingerprint density at radius 2 is 2.00 bits per heavy atom. The van der Waals surface area contributed by atoms with Crippen molar-refractivity contribution >= 4 is 0 Å². The summed E-state index contributed by atoms with van der Waals surface area (Å²) < 4.78 is 43.0. The van der Waals surface area contributed by atoms with Crippen LogP contribution in [0.3, 0.4) is 0 Å². The van der Waals surface area contributed by atoms with Gasteiger partial charge in [-0.15, -0.1) is 0 Å². The van der Waals surface area contributed by atoms with Crippen LogP contribution in [0.5, 0.6) is 11.5 Å². The van der Waals surface area contributed by atoms with Crippen molar-refractivity contribution in [1.82, 2.24) is 20.2 Å². The molecular weight excluding hydrogens is 337 g/mol. The van der Waals surface area contributed by atoms with Crippen molar-refractivity contribution in [1.29, 1.82) is 0 Å². The molecule has 0 saturated carbocycles. The number of hydrogen-bond donors (Lipinski definition) is 2. The molecule has 0 bridgehead atoms. The number of pyridine rings is 1. The molecule has 1 aromatic carbocycles. The number of phenolic OH excluding ortho intramolecular Hbond substituents is 1. The lowest BCUT2D eigenvalue weighted by atomic mass is 10.2. The van der Waals surface area contributed by atoms with E-state index in [2.05, 4.69) is 20.2 Å². The Morgan fingerprint density at radius 3 is 2.64 bits per heavy atom. The Kier molecular flexibility index (Phi) is 4.30. The fourth-order valence-corrected chi connectivity index (χ4v) is 2.17. The van der Waals surface area contributed by atoms with Crippen molar-refractivity contribution in [2.45, 2.75) is 13.1 Å². The minimum absolute atomic E-state index is 0.115. The molecule has 0 aliphatic carbocycles. The van der Waals surface area contributed by atoms with E-state index in [1.165, 1.54) is 6.07 Å². The van der Waals surface area contributed by atoms with Crippen LogP contribution in [0.2, 0.25) is 0 Å². The van der Waals surface area contributed by atoms with Gasteiger partial charge in [-0.3, -0.25) is 10.1 Å². The number of aromatic nitrogens is 4. The molecule has 3 rings (SSSR count). The lowest BCUT2D eigenvalue weighted by molar-refractivity contribution is -0.137. The molecule has 0 fully saturated rings. The molecule has 0 atom stereocenters. The molecule has 0 aliphatic heterocycles. The molecule has 2 N–H and O–H groups in total. The number of alkyl halides is 3. The molecule has 6 nitrogen and oxygen atoms in total. The molecular formula is C16H13F3N4O2. The van der Waals surface area contributed by atoms with Crippen LogP contribution in [0, 0.1) is 0 Å². The number of H-pyrrole nitrogens is 1. The highest BCUT2D eigenvalue weighted by Gasteiger charge is 2.30. The molecule has 25 heavy (non-hydrogen) atoms. The Hall–Kier alpha value is -3.10. The fraction of sp³-hybridized carbons (Fsp3) is 0.188. The van der Waals surface area contributed by atoms with Crippen molar-refractivity contribution in [3.8, 4) is 34.4 Å². The van der Waals surface area contributed by atoms with E-state index in [1.807, 2.05) is 0 Å². The lowest BCUT2D eigenvalue weighted by Gasteiger charge is -2.07. The van der Waals surface area contributed by atoms with Crippen LogP contribution in [0.1, 0.15) is 12.5 Å². The average molecular weight is 350 g/mol. The zero-order valence-electron chi connectivity index (χ0n) is 13.0. The number of para-hydroxylation sites is 1. The van der Waals surface area contributed by atoms with Gasteiger partial charge in [0.2, 0.25) is 0 Å². The van der Waals surface area contributed by atoms with Crippen LogP contribution >= 0.6 is 0 Å². The molecule has 0 spiro atoms. The van der Waals surface area contributed by atoms with E-state index in [9.17, 15) is 18.3 Å². The molecule has 9 heteroatoms. The van der Waals surface area contributed by atoms with Gasteiger partial charge in [-0.05, 0) is 31.2 Å². The van der Waals surface area contributed by atoms with E-state index in [0.717, 1.165) is 12.3 Å². The zero-order valence-corrected chi connectivity index (χ0v) is 13.0. The lowest BCUT2D eigenvalue weighted by Crippen LogP contribution is -2.05. The van der Waals surface area contributed by atoms with Crippen molar-refractivity contribution in [3.63, 3.8) is 0 Å². The number of hydrogen-bond acceptors (Lipinski definition) is 5. The number of nitrogens with zero attached hydrogens (tertiary/aromatic N) is 3. The molecule has 0 saturated heterocycles. The van der Waals surface area contributed by atoms with Crippen LogP contribution in [0.4, 0.5) is 13.2 Å². The summed E-state index contributed by atoms with van der Waals surface area (Å²) in [7, 11) is 0. The third kappa shape index (κ3) is 3.39. The molecule has 0 unspecified atom stereocenters. The SMILES string of the molecule is CCOc1cccc(-c2n[nH]c(-c3ccc(C(F)(F)F)cn3)n2)c1O. The second kappa shape index (κ2) is 6.42. The van der Waals surface area contributed by atoms with Gasteiger partial charge in [0.25, 0.3) is 0 Å². The summed E-state index contributed by atoms with van der Waals surface area (Å²) in [4.78, 5) is 7.93. The smallest absolute Gasteiger partial charge is 0.417 e. The van der Waals surface area contributed by atoms with Gasteiger partial charge in [-0.2, -0.15) is 18.3 Å². The first-order valence-electron chi connectivity index (χ1n) is 7.31. The molecule has 0 amide bonds. The molecule has 2 heterocycles. The minimum Gasteiger partial charge on any atom is -0.504 e. The van der Waals surface area contributed by atoms with Crippen LogP contribution in [0.15, 0.2) is 36.5 Å². The molecule has 0 radical (unpaired) electrons. The first kappa shape index (κ1) is 16.7. The first-order valence-corrected chi connectivity index (χ1v) is 7.31. The largest absolute Gasteiger partial charge is 0.504 e. The number of nitrogens with one attached hydrogen (secondary N) is 1. The van der Waals surface area contributed by atoms with Crippen LogP contribution < -0.4 is 4.74 Å². The molecule has 0 aliphatic rings. The maximum Gasteiger partial charge on any atom is 0.417 e. The topological polar surface area (TPSA) is 83.9 Å². The molecule has 130 valence electrons. The van der Waals surface area contributed by atoms with Gasteiger partial charge < -0.3 is 9.84 Å². The Labute approximate surface area is 140 Å². The van der Waals surface area contributed by atoms with Crippen molar-refractivity contribution in [2.75, 3.05) is 6.61 Å². The van der Waals surface area contributed by atoms with Crippen molar-refractivity contribution in [2.24, 2.45) is 0 Å². The third-order valence-electron chi connectivity index (χ3n) is 3.36. The van der Waals surface area contributed by atoms with E-state index in [0.29, 0.717) is 17.9 Å². The number of rotatable bonds is 4. The number of aromatic hydroxyl groups is 1. The van der Waals surface area contributed by atoms with Gasteiger partial charge in [-0.25, -0.2) is 4.98 Å². The summed E-state index contributed by atoms with van der Waals surface area (Å²) in [5.74, 6) is 0.537. The highest BCUT2D eigenvalue weighted by Crippen LogP contribution is 2.36. The van der Waals surface area contributed by atoms with Crippen LogP contribution in [0.25, 0.3) is 22.9 Å². The third-order valence-corrected chi connectivity index (χ3v) is 3.36. The minimum atomic E-state index is -4.45. The van der Waals surface area contributed by atoms with Gasteiger partial charge in [-0.1, -0.05) is 6.07 Å². The summed E-state index contributed by atoms with van der Waals surface area (Å²) in [5, 5.41) is 16.8. The number of phenols is 1. The van der Waals surface area contributed by atoms with Crippen molar-refractivity contribution < 1.29 is 23.0 Å². The first-order chi connectivity index (χ1) is 11.9. The van der Waals surface area contributed by atoms with E-state index in [4.69, 9.17) is 4.74 Å². The van der Waals surface area contributed by atoms with E-state index >= 15 is 0 Å². The monoisotopic (exact) mass is 350 g/mol. The van der Waals surface area contributed by atoms with Gasteiger partial charge in [0.05, 0.1) is 17.7 Å². The van der Waals surface area contributed by atoms with Crippen LogP contribution in [-0.2, 0) is 6.18 Å². The second-order valence-electron chi connectivity index (χ2n) is 5.02. The Morgan fingerprint density at radius 1 is 1.20 bits per heavy atom. The summed E-state index contributed by atoms with van der Waals surface area (Å²) >= 11 is 0. The summed E-state index contributed by atoms with van der Waals surface area (Å²) in [5.41, 5.74) is -0.314. The quantitative estimate of drug-likeness (QED) is 0.750. The summed E-state index contributed by atoms with van der Waals surface area (Å²) in [6, 6.07) is 6.99. The number of ether oxygens (including phenoxy) is 1. The van der Waals surface area contributed by atoms with E-state index in [1.54, 1.807) is 25.1 Å². The summed E-state index contributed by atoms with van der Waals surface area (Å²) in [6.45, 7) is 2.17. The maximum absolute atomic E-state index is 12.6. The number of benzene rings is 1. The number of halogens is 3. The van der Waals surface area contributed by atoms with Gasteiger partial charge in [0.15, 0.2) is 23.1 Å². The second-order valence-corrected chi connectivity index (χ2v) is 5.02. The maximum atomic E-state index is 12.6. The average Bonchev–Trinajstić information content (AvgIpc) is 3.06. The van der Waals surface area contributed by atoms with Crippen LogP contribution in [-0.4, -0.2) is 31.9 Å². The molecule has 3 aromatic rings. The zero-order chi connectivity index (χ0) is 18.0. The molecule has 2 aromatic heterocycles. The van der Waals surface area contributed by atoms with E-state index < -0.39 is 11.7 Å². The normalized spacial score (nSPS) is 11.5. The highest BCUT2D eigenvalue weighted by atomic mass is 19.4. The highest BCUT2D eigenvalue weighted by molar-refractivity contribution is 5.69. The predicted molar refractivity (Wildman–Crippen MR) is 82.9 cm³/mol. The predicted octanol–water partition coefficient (Wildman–Crippen LogP) is 3.66. The van der Waals surface area contributed by atoms with Crippen molar-refractivity contribution in [3.05, 3.63) is 42.1 Å². The van der Waals surface area contributed by atoms with Gasteiger partial charge in [0, 0.05) is 6.20 Å². The fourth-order valence-electron chi connectivity index (χ4n) is 2.17. The Balaban J connectivity index is 1.92. The van der Waals surface area contributed by atoms with Gasteiger partial charge in [0.1, 0.15) is 5.69 Å².